The highest BCUT2D eigenvalue weighted by Gasteiger charge is 2.40. The fourth-order valence-electron chi connectivity index (χ4n) is 3.13. The molecule has 0 radical (unpaired) electrons. The summed E-state index contributed by atoms with van der Waals surface area (Å²) in [4.78, 5) is 23.7. The van der Waals surface area contributed by atoms with Gasteiger partial charge >= 0.3 is 11.7 Å². The number of carbonyl (C=O) groups is 1. The van der Waals surface area contributed by atoms with Crippen molar-refractivity contribution >= 4 is 17.1 Å². The number of allylic oxidation sites excluding steroid dienone is 2. The van der Waals surface area contributed by atoms with Gasteiger partial charge in [0.05, 0.1) is 6.61 Å². The zero-order valence-electron chi connectivity index (χ0n) is 17.0. The lowest BCUT2D eigenvalue weighted by Crippen LogP contribution is -2.49. The summed E-state index contributed by atoms with van der Waals surface area (Å²) in [5.41, 5.74) is 0.176. The fourth-order valence-corrected chi connectivity index (χ4v) is 3.13. The Kier molecular flexibility index (Phi) is 5.96. The molecule has 1 aliphatic rings. The maximum atomic E-state index is 12.2. The van der Waals surface area contributed by atoms with Crippen LogP contribution in [0.5, 0.6) is 5.75 Å². The average molecular weight is 399 g/mol. The second-order valence-electron chi connectivity index (χ2n) is 7.16. The summed E-state index contributed by atoms with van der Waals surface area (Å²) >= 11 is 0. The first-order valence-corrected chi connectivity index (χ1v) is 9.51. The summed E-state index contributed by atoms with van der Waals surface area (Å²) in [6, 6.07) is 6.67. The monoisotopic (exact) mass is 399 g/mol. The smallest absolute Gasteiger partial charge is 0.411 e. The van der Waals surface area contributed by atoms with E-state index in [2.05, 4.69) is 5.32 Å². The molecule has 0 saturated heterocycles. The summed E-state index contributed by atoms with van der Waals surface area (Å²) in [7, 11) is 0. The lowest BCUT2D eigenvalue weighted by Gasteiger charge is -2.39. The summed E-state index contributed by atoms with van der Waals surface area (Å²) in [5.74, 6) is 1.27. The SMILES string of the molecule is C/C=C(/C=C/NC(=O)O[C@@H]1Cc2cc3ccc(=O)oc3cc2OC1(C)C)OCC. The maximum Gasteiger partial charge on any atom is 0.411 e. The first-order chi connectivity index (χ1) is 13.8. The molecule has 0 saturated carbocycles. The Morgan fingerprint density at radius 2 is 2.14 bits per heavy atom. The Morgan fingerprint density at radius 3 is 2.86 bits per heavy atom. The number of hydrogen-bond donors (Lipinski definition) is 1. The maximum absolute atomic E-state index is 12.2. The molecular formula is C22H25NO6. The van der Waals surface area contributed by atoms with Crippen molar-refractivity contribution in [3.63, 3.8) is 0 Å². The second kappa shape index (κ2) is 8.43. The molecule has 1 aliphatic heterocycles. The number of ether oxygens (including phenoxy) is 3. The Bertz CT molecular complexity index is 1020. The minimum Gasteiger partial charge on any atom is -0.494 e. The number of carbonyl (C=O) groups excluding carboxylic acids is 1. The quantitative estimate of drug-likeness (QED) is 0.464. The van der Waals surface area contributed by atoms with Crippen molar-refractivity contribution in [2.75, 3.05) is 6.61 Å². The van der Waals surface area contributed by atoms with Crippen LogP contribution in [0.4, 0.5) is 4.79 Å². The summed E-state index contributed by atoms with van der Waals surface area (Å²) < 4.78 is 22.3. The standard InChI is InChI=1S/C22H25NO6/c1-5-16(26-6-2)9-10-23-21(25)28-19-12-15-11-14-7-8-20(24)27-17(14)13-18(15)29-22(19,3)4/h5,7-11,13,19H,6,12H2,1-4H3,(H,23,25)/b10-9+,16-5-/t19-/m1/s1. The van der Waals surface area contributed by atoms with Crippen LogP contribution in [0.3, 0.4) is 0 Å². The van der Waals surface area contributed by atoms with E-state index >= 15 is 0 Å². The van der Waals surface area contributed by atoms with E-state index in [9.17, 15) is 9.59 Å². The van der Waals surface area contributed by atoms with Crippen molar-refractivity contribution in [3.05, 3.63) is 64.4 Å². The Labute approximate surface area is 168 Å². The number of benzene rings is 1. The molecule has 1 N–H and O–H groups in total. The first-order valence-electron chi connectivity index (χ1n) is 9.51. The Hall–Kier alpha value is -3.22. The number of fused-ring (bicyclic) bond motifs is 2. The summed E-state index contributed by atoms with van der Waals surface area (Å²) in [6.45, 7) is 7.98. The van der Waals surface area contributed by atoms with E-state index in [1.165, 1.54) is 12.3 Å². The van der Waals surface area contributed by atoms with Gasteiger partial charge in [0.25, 0.3) is 0 Å². The highest BCUT2D eigenvalue weighted by atomic mass is 16.6. The molecular weight excluding hydrogens is 374 g/mol. The van der Waals surface area contributed by atoms with E-state index in [0.29, 0.717) is 30.1 Å². The second-order valence-corrected chi connectivity index (χ2v) is 7.16. The minimum atomic E-state index is -0.753. The molecule has 2 aromatic rings. The minimum absolute atomic E-state index is 0.413. The largest absolute Gasteiger partial charge is 0.494 e. The lowest BCUT2D eigenvalue weighted by molar-refractivity contribution is -0.0486. The third-order valence-electron chi connectivity index (χ3n) is 4.65. The van der Waals surface area contributed by atoms with Gasteiger partial charge in [-0.15, -0.1) is 0 Å². The highest BCUT2D eigenvalue weighted by Crippen LogP contribution is 2.37. The number of rotatable bonds is 5. The Morgan fingerprint density at radius 1 is 1.34 bits per heavy atom. The van der Waals surface area contributed by atoms with Crippen molar-refractivity contribution in [1.29, 1.82) is 0 Å². The van der Waals surface area contributed by atoms with Crippen molar-refractivity contribution in [2.24, 2.45) is 0 Å². The van der Waals surface area contributed by atoms with Crippen LogP contribution in [0.15, 0.2) is 57.6 Å². The molecule has 0 spiro atoms. The van der Waals surface area contributed by atoms with Crippen molar-refractivity contribution in [3.8, 4) is 5.75 Å². The van der Waals surface area contributed by atoms with Gasteiger partial charge in [-0.1, -0.05) is 0 Å². The van der Waals surface area contributed by atoms with Crippen LogP contribution in [0.2, 0.25) is 0 Å². The van der Waals surface area contributed by atoms with Gasteiger partial charge in [0.15, 0.2) is 0 Å². The molecule has 0 aliphatic carbocycles. The average Bonchev–Trinajstić information content (AvgIpc) is 2.66. The molecule has 29 heavy (non-hydrogen) atoms. The molecule has 2 heterocycles. The van der Waals surface area contributed by atoms with Crippen LogP contribution in [-0.2, 0) is 15.9 Å². The van der Waals surface area contributed by atoms with Gasteiger partial charge in [0, 0.05) is 30.1 Å². The van der Waals surface area contributed by atoms with Crippen LogP contribution in [0, 0.1) is 0 Å². The number of amides is 1. The van der Waals surface area contributed by atoms with Gasteiger partial charge in [0.1, 0.15) is 28.8 Å². The van der Waals surface area contributed by atoms with E-state index in [1.807, 2.05) is 33.8 Å². The summed E-state index contributed by atoms with van der Waals surface area (Å²) in [5, 5.41) is 3.37. The van der Waals surface area contributed by atoms with Gasteiger partial charge in [-0.25, -0.2) is 9.59 Å². The predicted molar refractivity (Wildman–Crippen MR) is 109 cm³/mol. The van der Waals surface area contributed by atoms with Crippen molar-refractivity contribution < 1.29 is 23.4 Å². The third-order valence-corrected chi connectivity index (χ3v) is 4.65. The topological polar surface area (TPSA) is 87.0 Å². The van der Waals surface area contributed by atoms with Gasteiger partial charge < -0.3 is 18.6 Å². The normalized spacial score (nSPS) is 18.2. The van der Waals surface area contributed by atoms with Crippen molar-refractivity contribution in [1.82, 2.24) is 5.32 Å². The first kappa shape index (κ1) is 20.5. The van der Waals surface area contributed by atoms with Crippen LogP contribution >= 0.6 is 0 Å². The van der Waals surface area contributed by atoms with Gasteiger partial charge in [0.2, 0.25) is 0 Å². The Balaban J connectivity index is 1.72. The lowest BCUT2D eigenvalue weighted by atomic mass is 9.90. The van der Waals surface area contributed by atoms with E-state index < -0.39 is 23.4 Å². The summed E-state index contributed by atoms with van der Waals surface area (Å²) in [6.07, 6.45) is 4.34. The van der Waals surface area contributed by atoms with Crippen LogP contribution < -0.4 is 15.7 Å². The molecule has 3 rings (SSSR count). The molecule has 7 heteroatoms. The van der Waals surface area contributed by atoms with Gasteiger partial charge in [-0.3, -0.25) is 5.32 Å². The zero-order chi connectivity index (χ0) is 21.0. The van der Waals surface area contributed by atoms with E-state index in [-0.39, 0.29) is 0 Å². The van der Waals surface area contributed by atoms with Crippen LogP contribution in [0.25, 0.3) is 11.0 Å². The molecule has 1 aromatic heterocycles. The molecule has 0 unspecified atom stereocenters. The predicted octanol–water partition coefficient (Wildman–Crippen LogP) is 4.06. The molecule has 1 atom stereocenters. The van der Waals surface area contributed by atoms with E-state index in [4.69, 9.17) is 18.6 Å². The highest BCUT2D eigenvalue weighted by molar-refractivity contribution is 5.79. The van der Waals surface area contributed by atoms with Crippen LogP contribution in [-0.4, -0.2) is 24.4 Å². The third kappa shape index (κ3) is 4.80. The number of alkyl carbamates (subject to hydrolysis) is 1. The van der Waals surface area contributed by atoms with Crippen LogP contribution in [0.1, 0.15) is 33.3 Å². The van der Waals surface area contributed by atoms with Gasteiger partial charge in [-0.05, 0) is 57.5 Å². The molecule has 7 nitrogen and oxygen atoms in total. The number of hydrogen-bond acceptors (Lipinski definition) is 6. The zero-order valence-corrected chi connectivity index (χ0v) is 17.0. The molecule has 1 amide bonds. The fraction of sp³-hybridized carbons (Fsp3) is 0.364. The van der Waals surface area contributed by atoms with E-state index in [1.54, 1.807) is 24.3 Å². The van der Waals surface area contributed by atoms with Gasteiger partial charge in [-0.2, -0.15) is 0 Å². The molecule has 154 valence electrons. The molecule has 1 aromatic carbocycles. The molecule has 0 fully saturated rings. The molecule has 0 bridgehead atoms. The van der Waals surface area contributed by atoms with E-state index in [0.717, 1.165) is 10.9 Å². The number of nitrogens with one attached hydrogen (secondary N) is 1. The van der Waals surface area contributed by atoms with Crippen molar-refractivity contribution in [2.45, 2.75) is 45.8 Å².